The number of aromatic nitrogens is 3. The molecule has 0 fully saturated rings. The minimum absolute atomic E-state index is 0.0119. The topological polar surface area (TPSA) is 69.5 Å². The molecule has 138 valence electrons. The lowest BCUT2D eigenvalue weighted by atomic mass is 9.95. The maximum Gasteiger partial charge on any atom is 0.229 e. The largest absolute Gasteiger partial charge is 0.492 e. The second kappa shape index (κ2) is 7.03. The summed E-state index contributed by atoms with van der Waals surface area (Å²) in [5, 5.41) is 8.46. The van der Waals surface area contributed by atoms with Gasteiger partial charge in [0.15, 0.2) is 5.82 Å². The molecule has 1 atom stereocenters. The van der Waals surface area contributed by atoms with Gasteiger partial charge in [-0.2, -0.15) is 0 Å². The quantitative estimate of drug-likeness (QED) is 0.823. The number of halogens is 1. The third-order valence-corrected chi connectivity index (χ3v) is 4.87. The molecule has 1 aromatic carbocycles. The molecule has 1 amide bonds. The fourth-order valence-corrected chi connectivity index (χ4v) is 3.46. The molecule has 8 heteroatoms. The molecule has 3 heterocycles. The molecule has 1 unspecified atom stereocenters. The van der Waals surface area contributed by atoms with E-state index < -0.39 is 0 Å². The van der Waals surface area contributed by atoms with Gasteiger partial charge in [0.05, 0.1) is 25.7 Å². The van der Waals surface area contributed by atoms with E-state index in [9.17, 15) is 9.18 Å². The van der Waals surface area contributed by atoms with Crippen molar-refractivity contribution in [3.63, 3.8) is 0 Å². The van der Waals surface area contributed by atoms with E-state index in [4.69, 9.17) is 9.47 Å². The highest BCUT2D eigenvalue weighted by atomic mass is 19.1. The molecule has 4 rings (SSSR count). The molecule has 0 saturated carbocycles. The Morgan fingerprint density at radius 1 is 1.38 bits per heavy atom. The first kappa shape index (κ1) is 17.0. The van der Waals surface area contributed by atoms with Crippen LogP contribution in [0.1, 0.15) is 17.2 Å². The van der Waals surface area contributed by atoms with Crippen LogP contribution in [0, 0.1) is 11.7 Å². The van der Waals surface area contributed by atoms with Crippen molar-refractivity contribution in [1.29, 1.82) is 0 Å². The summed E-state index contributed by atoms with van der Waals surface area (Å²) in [5.74, 6) is 1.56. The van der Waals surface area contributed by atoms with E-state index in [0.29, 0.717) is 38.5 Å². The number of carbonyl (C=O) groups is 1. The van der Waals surface area contributed by atoms with Crippen molar-refractivity contribution in [3.8, 4) is 5.75 Å². The molecule has 2 aliphatic rings. The standard InChI is InChI=1S/C18H21FN4O3/c1-22(10-17-21-20-16-4-6-25-7-5-23(16)17)18(24)13-8-12-2-3-14(19)9-15(12)26-11-13/h2-3,9,13H,4-8,10-11H2,1H3. The molecule has 2 aliphatic heterocycles. The normalized spacial score (nSPS) is 19.1. The van der Waals surface area contributed by atoms with Crippen molar-refractivity contribution in [2.45, 2.75) is 25.9 Å². The fraction of sp³-hybridized carbons (Fsp3) is 0.500. The summed E-state index contributed by atoms with van der Waals surface area (Å²) in [6.07, 6.45) is 1.28. The molecule has 0 bridgehead atoms. The van der Waals surface area contributed by atoms with Gasteiger partial charge in [-0.3, -0.25) is 4.79 Å². The predicted octanol–water partition coefficient (Wildman–Crippen LogP) is 1.20. The van der Waals surface area contributed by atoms with E-state index in [-0.39, 0.29) is 24.2 Å². The smallest absolute Gasteiger partial charge is 0.229 e. The Morgan fingerprint density at radius 3 is 3.15 bits per heavy atom. The summed E-state index contributed by atoms with van der Waals surface area (Å²) in [5.41, 5.74) is 0.859. The average molecular weight is 360 g/mol. The van der Waals surface area contributed by atoms with Gasteiger partial charge in [0.25, 0.3) is 0 Å². The first-order valence-corrected chi connectivity index (χ1v) is 8.76. The molecular formula is C18H21FN4O3. The van der Waals surface area contributed by atoms with Gasteiger partial charge in [-0.05, 0) is 18.1 Å². The third kappa shape index (κ3) is 3.29. The van der Waals surface area contributed by atoms with Crippen molar-refractivity contribution in [2.75, 3.05) is 26.9 Å². The molecule has 0 radical (unpaired) electrons. The van der Waals surface area contributed by atoms with Crippen molar-refractivity contribution >= 4 is 5.91 Å². The summed E-state index contributed by atoms with van der Waals surface area (Å²) in [6, 6.07) is 4.45. The summed E-state index contributed by atoms with van der Waals surface area (Å²) >= 11 is 0. The number of fused-ring (bicyclic) bond motifs is 2. The lowest BCUT2D eigenvalue weighted by Crippen LogP contribution is -2.38. The number of ether oxygens (including phenoxy) is 2. The SMILES string of the molecule is CN(Cc1nnc2n1CCOCC2)C(=O)C1COc2cc(F)ccc2C1. The van der Waals surface area contributed by atoms with Crippen LogP contribution in [0.25, 0.3) is 0 Å². The van der Waals surface area contributed by atoms with Crippen LogP contribution in [0.4, 0.5) is 4.39 Å². The Bertz CT molecular complexity index is 823. The van der Waals surface area contributed by atoms with Crippen LogP contribution in [0.5, 0.6) is 5.75 Å². The predicted molar refractivity (Wildman–Crippen MR) is 90.1 cm³/mol. The molecule has 1 aromatic heterocycles. The van der Waals surface area contributed by atoms with E-state index in [1.165, 1.54) is 12.1 Å². The molecule has 26 heavy (non-hydrogen) atoms. The Hall–Kier alpha value is -2.48. The zero-order valence-corrected chi connectivity index (χ0v) is 14.7. The van der Waals surface area contributed by atoms with E-state index in [1.54, 1.807) is 18.0 Å². The zero-order chi connectivity index (χ0) is 18.1. The van der Waals surface area contributed by atoms with Crippen molar-refractivity contribution in [3.05, 3.63) is 41.2 Å². The summed E-state index contributed by atoms with van der Waals surface area (Å²) in [7, 11) is 1.76. The molecule has 0 aliphatic carbocycles. The lowest BCUT2D eigenvalue weighted by Gasteiger charge is -2.28. The van der Waals surface area contributed by atoms with Gasteiger partial charge in [-0.15, -0.1) is 10.2 Å². The average Bonchev–Trinajstić information content (AvgIpc) is 2.87. The van der Waals surface area contributed by atoms with Crippen LogP contribution in [0.3, 0.4) is 0 Å². The Morgan fingerprint density at radius 2 is 2.27 bits per heavy atom. The highest BCUT2D eigenvalue weighted by molar-refractivity contribution is 5.79. The molecular weight excluding hydrogens is 339 g/mol. The first-order valence-electron chi connectivity index (χ1n) is 8.76. The Balaban J connectivity index is 1.44. The second-order valence-electron chi connectivity index (χ2n) is 6.70. The van der Waals surface area contributed by atoms with Gasteiger partial charge in [-0.25, -0.2) is 4.39 Å². The second-order valence-corrected chi connectivity index (χ2v) is 6.70. The van der Waals surface area contributed by atoms with Crippen LogP contribution in [-0.4, -0.2) is 52.4 Å². The summed E-state index contributed by atoms with van der Waals surface area (Å²) in [6.45, 7) is 2.61. The van der Waals surface area contributed by atoms with Crippen molar-refractivity contribution in [1.82, 2.24) is 19.7 Å². The highest BCUT2D eigenvalue weighted by Crippen LogP contribution is 2.29. The molecule has 2 aromatic rings. The molecule has 0 N–H and O–H groups in total. The van der Waals surface area contributed by atoms with Gasteiger partial charge in [-0.1, -0.05) is 6.07 Å². The van der Waals surface area contributed by atoms with Crippen LogP contribution in [0.15, 0.2) is 18.2 Å². The number of hydrogen-bond acceptors (Lipinski definition) is 5. The third-order valence-electron chi connectivity index (χ3n) is 4.87. The van der Waals surface area contributed by atoms with Gasteiger partial charge in [0.2, 0.25) is 5.91 Å². The van der Waals surface area contributed by atoms with Gasteiger partial charge in [0.1, 0.15) is 24.0 Å². The van der Waals surface area contributed by atoms with Crippen LogP contribution >= 0.6 is 0 Å². The maximum atomic E-state index is 13.3. The summed E-state index contributed by atoms with van der Waals surface area (Å²) in [4.78, 5) is 14.5. The minimum Gasteiger partial charge on any atom is -0.492 e. The van der Waals surface area contributed by atoms with Gasteiger partial charge < -0.3 is 18.9 Å². The number of rotatable bonds is 3. The van der Waals surface area contributed by atoms with Gasteiger partial charge in [0, 0.05) is 26.1 Å². The van der Waals surface area contributed by atoms with Crippen molar-refractivity contribution < 1.29 is 18.7 Å². The summed E-state index contributed by atoms with van der Waals surface area (Å²) < 4.78 is 26.4. The van der Waals surface area contributed by atoms with E-state index >= 15 is 0 Å². The van der Waals surface area contributed by atoms with Crippen LogP contribution in [-0.2, 0) is 35.5 Å². The minimum atomic E-state index is -0.331. The Kier molecular flexibility index (Phi) is 4.58. The molecule has 0 spiro atoms. The number of amides is 1. The van der Waals surface area contributed by atoms with Gasteiger partial charge >= 0.3 is 0 Å². The van der Waals surface area contributed by atoms with E-state index in [2.05, 4.69) is 10.2 Å². The Labute approximate surface area is 150 Å². The van der Waals surface area contributed by atoms with E-state index in [0.717, 1.165) is 23.6 Å². The van der Waals surface area contributed by atoms with E-state index in [1.807, 2.05) is 4.57 Å². The first-order chi connectivity index (χ1) is 12.6. The molecule has 7 nitrogen and oxygen atoms in total. The number of carbonyl (C=O) groups excluding carboxylic acids is 1. The highest BCUT2D eigenvalue weighted by Gasteiger charge is 2.29. The lowest BCUT2D eigenvalue weighted by molar-refractivity contribution is -0.136. The fourth-order valence-electron chi connectivity index (χ4n) is 3.46. The van der Waals surface area contributed by atoms with Crippen molar-refractivity contribution in [2.24, 2.45) is 5.92 Å². The van der Waals surface area contributed by atoms with Crippen LogP contribution in [0.2, 0.25) is 0 Å². The number of benzene rings is 1. The number of hydrogen-bond donors (Lipinski definition) is 0. The molecule has 0 saturated heterocycles. The van der Waals surface area contributed by atoms with Crippen LogP contribution < -0.4 is 4.74 Å². The maximum absolute atomic E-state index is 13.3. The zero-order valence-electron chi connectivity index (χ0n) is 14.7. The number of nitrogens with zero attached hydrogens (tertiary/aromatic N) is 4. The monoisotopic (exact) mass is 360 g/mol.